The fourth-order valence-electron chi connectivity index (χ4n) is 4.76. The predicted octanol–water partition coefficient (Wildman–Crippen LogP) is 3.35. The first-order valence-corrected chi connectivity index (χ1v) is 12.7. The first-order chi connectivity index (χ1) is 14.1. The number of nitrogens with one attached hydrogen (secondary N) is 1. The molecular weight excluding hydrogens is 398 g/mol. The number of sulfonamides is 1. The third-order valence-corrected chi connectivity index (χ3v) is 8.29. The number of carbonyl (C=O) groups is 1. The number of hydrogen-bond donors (Lipinski definition) is 1. The molecule has 2 atom stereocenters. The Morgan fingerprint density at radius 3 is 2.37 bits per heavy atom. The van der Waals surface area contributed by atoms with E-state index >= 15 is 0 Å². The molecule has 168 valence electrons. The maximum atomic E-state index is 13.2. The van der Waals surface area contributed by atoms with E-state index in [4.69, 9.17) is 0 Å². The van der Waals surface area contributed by atoms with Gasteiger partial charge in [-0.2, -0.15) is 4.31 Å². The Hall–Kier alpha value is -1.44. The van der Waals surface area contributed by atoms with E-state index in [-0.39, 0.29) is 16.3 Å². The van der Waals surface area contributed by atoms with Crippen molar-refractivity contribution < 1.29 is 13.2 Å². The van der Waals surface area contributed by atoms with Crippen molar-refractivity contribution in [3.05, 3.63) is 29.8 Å². The quantitative estimate of drug-likeness (QED) is 0.744. The normalized spacial score (nSPS) is 24.5. The van der Waals surface area contributed by atoms with Crippen LogP contribution in [0.2, 0.25) is 0 Å². The topological polar surface area (TPSA) is 69.7 Å². The lowest BCUT2D eigenvalue weighted by atomic mass is 9.94. The fourth-order valence-corrected chi connectivity index (χ4v) is 6.48. The number of rotatable bonds is 6. The second-order valence-electron chi connectivity index (χ2n) is 9.84. The van der Waals surface area contributed by atoms with Crippen LogP contribution in [0.15, 0.2) is 29.2 Å². The molecule has 1 aromatic carbocycles. The van der Waals surface area contributed by atoms with E-state index in [2.05, 4.69) is 37.9 Å². The van der Waals surface area contributed by atoms with Crippen molar-refractivity contribution in [1.29, 1.82) is 0 Å². The molecule has 2 unspecified atom stereocenters. The standard InChI is InChI=1S/C23H37N3O3S/c1-18-13-19(2)16-26(15-18)30(28,29)21-10-8-9-20(14-21)22(27)24-17-23(3,4)25-11-6-5-7-12-25/h8-10,14,18-19H,5-7,11-13,15-17H2,1-4H3,(H,24,27). The van der Waals surface area contributed by atoms with Crippen molar-refractivity contribution in [3.63, 3.8) is 0 Å². The summed E-state index contributed by atoms with van der Waals surface area (Å²) in [6.45, 7) is 12.2. The summed E-state index contributed by atoms with van der Waals surface area (Å²) in [6, 6.07) is 6.45. The maximum absolute atomic E-state index is 13.2. The summed E-state index contributed by atoms with van der Waals surface area (Å²) in [5.41, 5.74) is 0.267. The molecule has 2 fully saturated rings. The molecule has 3 rings (SSSR count). The molecule has 0 bridgehead atoms. The highest BCUT2D eigenvalue weighted by Gasteiger charge is 2.32. The predicted molar refractivity (Wildman–Crippen MR) is 120 cm³/mol. The van der Waals surface area contributed by atoms with E-state index in [0.717, 1.165) is 19.5 Å². The summed E-state index contributed by atoms with van der Waals surface area (Å²) >= 11 is 0. The second-order valence-corrected chi connectivity index (χ2v) is 11.8. The average Bonchev–Trinajstić information content (AvgIpc) is 2.72. The van der Waals surface area contributed by atoms with Gasteiger partial charge in [0.1, 0.15) is 0 Å². The molecule has 0 spiro atoms. The van der Waals surface area contributed by atoms with Gasteiger partial charge >= 0.3 is 0 Å². The molecule has 1 N–H and O–H groups in total. The molecule has 2 aliphatic heterocycles. The van der Waals surface area contributed by atoms with Crippen molar-refractivity contribution in [1.82, 2.24) is 14.5 Å². The van der Waals surface area contributed by atoms with E-state index in [1.807, 2.05) is 0 Å². The van der Waals surface area contributed by atoms with Gasteiger partial charge in [-0.25, -0.2) is 8.42 Å². The molecule has 7 heteroatoms. The zero-order valence-corrected chi connectivity index (χ0v) is 19.7. The molecule has 0 aromatic heterocycles. The number of benzene rings is 1. The molecule has 1 amide bonds. The van der Waals surface area contributed by atoms with Crippen molar-refractivity contribution in [3.8, 4) is 0 Å². The van der Waals surface area contributed by atoms with Gasteiger partial charge in [0.05, 0.1) is 4.90 Å². The number of amides is 1. The largest absolute Gasteiger partial charge is 0.350 e. The third kappa shape index (κ3) is 5.42. The van der Waals surface area contributed by atoms with E-state index in [1.165, 1.54) is 25.3 Å². The van der Waals surface area contributed by atoms with Gasteiger partial charge in [-0.15, -0.1) is 0 Å². The summed E-state index contributed by atoms with van der Waals surface area (Å²) < 4.78 is 27.9. The summed E-state index contributed by atoms with van der Waals surface area (Å²) in [4.78, 5) is 15.4. The maximum Gasteiger partial charge on any atom is 0.251 e. The van der Waals surface area contributed by atoms with Gasteiger partial charge in [0, 0.05) is 30.7 Å². The highest BCUT2D eigenvalue weighted by Crippen LogP contribution is 2.27. The van der Waals surface area contributed by atoms with Crippen LogP contribution in [0.4, 0.5) is 0 Å². The van der Waals surface area contributed by atoms with E-state index in [1.54, 1.807) is 22.5 Å². The van der Waals surface area contributed by atoms with Gasteiger partial charge in [-0.3, -0.25) is 9.69 Å². The minimum absolute atomic E-state index is 0.125. The lowest BCUT2D eigenvalue weighted by Gasteiger charge is -2.41. The van der Waals surface area contributed by atoms with Gasteiger partial charge in [0.15, 0.2) is 0 Å². The highest BCUT2D eigenvalue weighted by atomic mass is 32.2. The smallest absolute Gasteiger partial charge is 0.251 e. The van der Waals surface area contributed by atoms with Gasteiger partial charge in [0.2, 0.25) is 10.0 Å². The van der Waals surface area contributed by atoms with Crippen LogP contribution >= 0.6 is 0 Å². The summed E-state index contributed by atoms with van der Waals surface area (Å²) in [6.07, 6.45) is 4.71. The van der Waals surface area contributed by atoms with Crippen LogP contribution in [0, 0.1) is 11.8 Å². The Balaban J connectivity index is 1.69. The molecule has 0 saturated carbocycles. The van der Waals surface area contributed by atoms with Gasteiger partial charge in [-0.05, 0) is 76.2 Å². The van der Waals surface area contributed by atoms with E-state index < -0.39 is 10.0 Å². The Kier molecular flexibility index (Phi) is 7.25. The zero-order chi connectivity index (χ0) is 21.9. The van der Waals surface area contributed by atoms with Crippen LogP contribution in [0.25, 0.3) is 0 Å². The van der Waals surface area contributed by atoms with Crippen LogP contribution in [0.5, 0.6) is 0 Å². The Labute approximate surface area is 182 Å². The van der Waals surface area contributed by atoms with Gasteiger partial charge < -0.3 is 5.32 Å². The Morgan fingerprint density at radius 1 is 1.10 bits per heavy atom. The number of hydrogen-bond acceptors (Lipinski definition) is 4. The first-order valence-electron chi connectivity index (χ1n) is 11.2. The molecule has 30 heavy (non-hydrogen) atoms. The van der Waals surface area contributed by atoms with Crippen LogP contribution in [0.3, 0.4) is 0 Å². The summed E-state index contributed by atoms with van der Waals surface area (Å²) in [5.74, 6) is 0.455. The SMILES string of the molecule is CC1CC(C)CN(S(=O)(=O)c2cccc(C(=O)NCC(C)(C)N3CCCCC3)c2)C1. The molecular formula is C23H37N3O3S. The van der Waals surface area contributed by atoms with Crippen molar-refractivity contribution in [2.75, 3.05) is 32.7 Å². The van der Waals surface area contributed by atoms with Crippen LogP contribution in [0.1, 0.15) is 63.7 Å². The van der Waals surface area contributed by atoms with Gasteiger partial charge in [0.25, 0.3) is 5.91 Å². The van der Waals surface area contributed by atoms with Crippen molar-refractivity contribution in [2.24, 2.45) is 11.8 Å². The molecule has 1 aromatic rings. The minimum Gasteiger partial charge on any atom is -0.350 e. The fraction of sp³-hybridized carbons (Fsp3) is 0.696. The number of carbonyl (C=O) groups excluding carboxylic acids is 1. The lowest BCUT2D eigenvalue weighted by Crippen LogP contribution is -2.53. The van der Waals surface area contributed by atoms with Crippen LogP contribution in [-0.2, 0) is 10.0 Å². The second kappa shape index (κ2) is 9.37. The van der Waals surface area contributed by atoms with E-state index in [9.17, 15) is 13.2 Å². The Bertz CT molecular complexity index is 837. The molecule has 2 aliphatic rings. The summed E-state index contributed by atoms with van der Waals surface area (Å²) in [7, 11) is -3.60. The monoisotopic (exact) mass is 435 g/mol. The number of likely N-dealkylation sites (tertiary alicyclic amines) is 1. The molecule has 0 radical (unpaired) electrons. The minimum atomic E-state index is -3.60. The highest BCUT2D eigenvalue weighted by molar-refractivity contribution is 7.89. The molecule has 6 nitrogen and oxygen atoms in total. The van der Waals surface area contributed by atoms with E-state index in [0.29, 0.717) is 37.0 Å². The van der Waals surface area contributed by atoms with Crippen LogP contribution < -0.4 is 5.32 Å². The lowest BCUT2D eigenvalue weighted by molar-refractivity contribution is 0.0797. The summed E-state index contributed by atoms with van der Waals surface area (Å²) in [5, 5.41) is 3.02. The molecule has 2 heterocycles. The van der Waals surface area contributed by atoms with Crippen molar-refractivity contribution in [2.45, 2.75) is 63.8 Å². The van der Waals surface area contributed by atoms with Crippen molar-refractivity contribution >= 4 is 15.9 Å². The zero-order valence-electron chi connectivity index (χ0n) is 18.9. The van der Waals surface area contributed by atoms with Gasteiger partial charge in [-0.1, -0.05) is 26.3 Å². The molecule has 0 aliphatic carbocycles. The average molecular weight is 436 g/mol. The first kappa shape index (κ1) is 23.2. The number of piperidine rings is 2. The third-order valence-electron chi connectivity index (χ3n) is 6.46. The molecule has 2 saturated heterocycles. The van der Waals surface area contributed by atoms with Crippen LogP contribution in [-0.4, -0.2) is 61.8 Å². The number of nitrogens with zero attached hydrogens (tertiary/aromatic N) is 2. The Morgan fingerprint density at radius 2 is 1.73 bits per heavy atom.